The monoisotopic (exact) mass is 288 g/mol. The van der Waals surface area contributed by atoms with E-state index in [4.69, 9.17) is 5.11 Å². The molecule has 0 aromatic heterocycles. The van der Waals surface area contributed by atoms with Gasteiger partial charge in [-0.2, -0.15) is 0 Å². The fourth-order valence-electron chi connectivity index (χ4n) is 1.84. The molecule has 0 aliphatic rings. The largest absolute Gasteiger partial charge is 0.395 e. The number of nitrogens with one attached hydrogen (secondary N) is 1. The molecule has 0 unspecified atom stereocenters. The molecular weight excluding hydrogens is 264 g/mol. The first-order valence-electron chi connectivity index (χ1n) is 7.26. The molecule has 1 amide bonds. The zero-order valence-corrected chi connectivity index (χ0v) is 13.1. The smallest absolute Gasteiger partial charge is 0.251 e. The van der Waals surface area contributed by atoms with Crippen LogP contribution in [0.4, 0.5) is 0 Å². The summed E-state index contributed by atoms with van der Waals surface area (Å²) in [6.45, 7) is 6.46. The lowest BCUT2D eigenvalue weighted by Gasteiger charge is -2.14. The fraction of sp³-hybridized carbons (Fsp3) is 0.471. The van der Waals surface area contributed by atoms with Crippen molar-refractivity contribution in [3.8, 4) is 11.8 Å². The number of carbonyl (C=O) groups excluding carboxylic acids is 1. The summed E-state index contributed by atoms with van der Waals surface area (Å²) in [7, 11) is 2.02. The molecule has 0 aliphatic heterocycles. The highest BCUT2D eigenvalue weighted by molar-refractivity contribution is 5.96. The molecule has 21 heavy (non-hydrogen) atoms. The molecule has 0 fully saturated rings. The van der Waals surface area contributed by atoms with E-state index in [0.717, 1.165) is 24.2 Å². The highest BCUT2D eigenvalue weighted by Crippen LogP contribution is 2.12. The lowest BCUT2D eigenvalue weighted by Crippen LogP contribution is -2.33. The standard InChI is InChI=1S/C17H24N2O2/c1-4-19(3)12-11-18-17(21)16-10-7-9-15(14(16)2)8-5-6-13-20/h7,9-10,20H,4,6,11-13H2,1-3H3,(H,18,21). The van der Waals surface area contributed by atoms with E-state index in [1.165, 1.54) is 0 Å². The number of amides is 1. The first kappa shape index (κ1) is 17.2. The highest BCUT2D eigenvalue weighted by Gasteiger charge is 2.10. The van der Waals surface area contributed by atoms with Crippen LogP contribution in [0, 0.1) is 18.8 Å². The summed E-state index contributed by atoms with van der Waals surface area (Å²) in [6.07, 6.45) is 0.444. The minimum atomic E-state index is -0.0668. The summed E-state index contributed by atoms with van der Waals surface area (Å²) in [6, 6.07) is 5.54. The van der Waals surface area contributed by atoms with Gasteiger partial charge in [0.05, 0.1) is 6.61 Å². The van der Waals surface area contributed by atoms with Crippen LogP contribution in [0.1, 0.15) is 34.8 Å². The summed E-state index contributed by atoms with van der Waals surface area (Å²) < 4.78 is 0. The van der Waals surface area contributed by atoms with Gasteiger partial charge in [0.1, 0.15) is 0 Å². The zero-order valence-electron chi connectivity index (χ0n) is 13.1. The Bertz CT molecular complexity index is 529. The molecule has 0 saturated carbocycles. The molecule has 0 bridgehead atoms. The van der Waals surface area contributed by atoms with Crippen molar-refractivity contribution in [3.05, 3.63) is 34.9 Å². The Morgan fingerprint density at radius 1 is 1.43 bits per heavy atom. The van der Waals surface area contributed by atoms with Crippen molar-refractivity contribution in [3.63, 3.8) is 0 Å². The molecular formula is C17H24N2O2. The number of nitrogens with zero attached hydrogens (tertiary/aromatic N) is 1. The molecule has 1 rings (SSSR count). The van der Waals surface area contributed by atoms with E-state index in [1.807, 2.05) is 32.2 Å². The van der Waals surface area contributed by atoms with Crippen LogP contribution in [0.25, 0.3) is 0 Å². The molecule has 2 N–H and O–H groups in total. The summed E-state index contributed by atoms with van der Waals surface area (Å²) in [5, 5.41) is 11.7. The lowest BCUT2D eigenvalue weighted by molar-refractivity contribution is 0.0949. The molecule has 0 aliphatic carbocycles. The number of aliphatic hydroxyl groups excluding tert-OH is 1. The van der Waals surface area contributed by atoms with E-state index in [9.17, 15) is 4.79 Å². The average Bonchev–Trinajstić information content (AvgIpc) is 2.48. The maximum absolute atomic E-state index is 12.2. The number of carbonyl (C=O) groups is 1. The van der Waals surface area contributed by atoms with Gasteiger partial charge in [-0.15, -0.1) is 0 Å². The molecule has 0 saturated heterocycles. The molecule has 0 spiro atoms. The SMILES string of the molecule is CCN(C)CCNC(=O)c1cccc(C#CCCO)c1C. The van der Waals surface area contributed by atoms with Gasteiger partial charge in [0, 0.05) is 30.6 Å². The van der Waals surface area contributed by atoms with Gasteiger partial charge in [0.15, 0.2) is 0 Å². The van der Waals surface area contributed by atoms with Gasteiger partial charge in [-0.25, -0.2) is 0 Å². The van der Waals surface area contributed by atoms with E-state index in [1.54, 1.807) is 0 Å². The minimum absolute atomic E-state index is 0.0527. The van der Waals surface area contributed by atoms with E-state index in [0.29, 0.717) is 18.5 Å². The van der Waals surface area contributed by atoms with Crippen molar-refractivity contribution in [1.82, 2.24) is 10.2 Å². The van der Waals surface area contributed by atoms with E-state index in [2.05, 4.69) is 29.0 Å². The Balaban J connectivity index is 2.72. The van der Waals surface area contributed by atoms with Crippen LogP contribution >= 0.6 is 0 Å². The van der Waals surface area contributed by atoms with Gasteiger partial charge in [-0.3, -0.25) is 4.79 Å². The predicted molar refractivity (Wildman–Crippen MR) is 85.3 cm³/mol. The zero-order chi connectivity index (χ0) is 15.7. The number of benzene rings is 1. The molecule has 4 heteroatoms. The van der Waals surface area contributed by atoms with Gasteiger partial charge in [0.2, 0.25) is 0 Å². The van der Waals surface area contributed by atoms with Crippen LogP contribution in [-0.2, 0) is 0 Å². The van der Waals surface area contributed by atoms with Crippen molar-refractivity contribution in [2.45, 2.75) is 20.3 Å². The molecule has 0 atom stereocenters. The summed E-state index contributed by atoms with van der Waals surface area (Å²) in [5.41, 5.74) is 2.37. The van der Waals surface area contributed by atoms with Crippen molar-refractivity contribution in [2.75, 3.05) is 33.3 Å². The van der Waals surface area contributed by atoms with Crippen molar-refractivity contribution < 1.29 is 9.90 Å². The van der Waals surface area contributed by atoms with Crippen molar-refractivity contribution in [2.24, 2.45) is 0 Å². The van der Waals surface area contributed by atoms with Gasteiger partial charge < -0.3 is 15.3 Å². The topological polar surface area (TPSA) is 52.6 Å². The number of hydrogen-bond acceptors (Lipinski definition) is 3. The molecule has 114 valence electrons. The minimum Gasteiger partial charge on any atom is -0.395 e. The first-order valence-corrected chi connectivity index (χ1v) is 7.26. The summed E-state index contributed by atoms with van der Waals surface area (Å²) in [5.74, 6) is 5.81. The Morgan fingerprint density at radius 3 is 2.86 bits per heavy atom. The second-order valence-electron chi connectivity index (χ2n) is 4.91. The van der Waals surface area contributed by atoms with Crippen molar-refractivity contribution >= 4 is 5.91 Å². The van der Waals surface area contributed by atoms with Crippen LogP contribution < -0.4 is 5.32 Å². The van der Waals surface area contributed by atoms with Crippen LogP contribution in [0.15, 0.2) is 18.2 Å². The third kappa shape index (κ3) is 5.58. The van der Waals surface area contributed by atoms with Gasteiger partial charge in [0.25, 0.3) is 5.91 Å². The third-order valence-electron chi connectivity index (χ3n) is 3.36. The quantitative estimate of drug-likeness (QED) is 0.778. The number of hydrogen-bond donors (Lipinski definition) is 2. The maximum atomic E-state index is 12.2. The maximum Gasteiger partial charge on any atom is 0.251 e. The first-order chi connectivity index (χ1) is 10.1. The Labute approximate surface area is 127 Å². The van der Waals surface area contributed by atoms with Crippen LogP contribution in [0.3, 0.4) is 0 Å². The molecule has 0 radical (unpaired) electrons. The summed E-state index contributed by atoms with van der Waals surface area (Å²) >= 11 is 0. The molecule has 1 aromatic carbocycles. The van der Waals surface area contributed by atoms with E-state index < -0.39 is 0 Å². The molecule has 4 nitrogen and oxygen atoms in total. The van der Waals surface area contributed by atoms with Crippen molar-refractivity contribution in [1.29, 1.82) is 0 Å². The van der Waals surface area contributed by atoms with E-state index in [-0.39, 0.29) is 12.5 Å². The number of aliphatic hydroxyl groups is 1. The fourth-order valence-corrected chi connectivity index (χ4v) is 1.84. The molecule has 0 heterocycles. The Kier molecular flexibility index (Phi) is 7.52. The van der Waals surface area contributed by atoms with Gasteiger partial charge in [-0.05, 0) is 38.2 Å². The van der Waals surface area contributed by atoms with Crippen LogP contribution in [0.5, 0.6) is 0 Å². The highest BCUT2D eigenvalue weighted by atomic mass is 16.2. The summed E-state index contributed by atoms with van der Waals surface area (Å²) in [4.78, 5) is 14.3. The second-order valence-corrected chi connectivity index (χ2v) is 4.91. The Morgan fingerprint density at radius 2 is 2.19 bits per heavy atom. The number of rotatable bonds is 6. The van der Waals surface area contributed by atoms with Crippen LogP contribution in [-0.4, -0.2) is 49.2 Å². The second kappa shape index (κ2) is 9.17. The van der Waals surface area contributed by atoms with Crippen LogP contribution in [0.2, 0.25) is 0 Å². The van der Waals surface area contributed by atoms with Gasteiger partial charge >= 0.3 is 0 Å². The third-order valence-corrected chi connectivity index (χ3v) is 3.36. The Hall–Kier alpha value is -1.83. The average molecular weight is 288 g/mol. The van der Waals surface area contributed by atoms with Gasteiger partial charge in [-0.1, -0.05) is 24.8 Å². The number of likely N-dealkylation sites (N-methyl/N-ethyl adjacent to an activating group) is 1. The molecule has 1 aromatic rings. The lowest BCUT2D eigenvalue weighted by atomic mass is 10.0. The normalized spacial score (nSPS) is 10.1. The predicted octanol–water partition coefficient (Wildman–Crippen LogP) is 1.41. The van der Waals surface area contributed by atoms with E-state index >= 15 is 0 Å².